The summed E-state index contributed by atoms with van der Waals surface area (Å²) in [6, 6.07) is 7.93. The monoisotopic (exact) mass is 231 g/mol. The zero-order valence-corrected chi connectivity index (χ0v) is 9.38. The second-order valence-electron chi connectivity index (χ2n) is 3.53. The van der Waals surface area contributed by atoms with Crippen LogP contribution in [0.4, 0.5) is 0 Å². The summed E-state index contributed by atoms with van der Waals surface area (Å²) in [5.74, 6) is 0.738. The highest BCUT2D eigenvalue weighted by atomic mass is 32.1. The first kappa shape index (κ1) is 9.29. The fourth-order valence-electron chi connectivity index (χ4n) is 1.69. The minimum atomic E-state index is 0.585. The molecule has 0 saturated carbocycles. The molecule has 0 amide bonds. The maximum absolute atomic E-state index is 5.08. The molecule has 0 atom stereocenters. The number of hydrogen-bond donors (Lipinski definition) is 2. The van der Waals surface area contributed by atoms with Gasteiger partial charge in [0.2, 0.25) is 0 Å². The van der Waals surface area contributed by atoms with E-state index in [0.717, 1.165) is 22.4 Å². The summed E-state index contributed by atoms with van der Waals surface area (Å²) in [6.45, 7) is 0. The van der Waals surface area contributed by atoms with Crippen LogP contribution in [-0.4, -0.2) is 25.0 Å². The SMILES string of the molecule is Cn1c(-c2n[nH]c3ccccc23)n[nH]c1=S. The lowest BCUT2D eigenvalue weighted by Crippen LogP contribution is -1.93. The molecule has 0 fully saturated rings. The predicted octanol–water partition coefficient (Wildman–Crippen LogP) is 2.02. The molecular weight excluding hydrogens is 222 g/mol. The second kappa shape index (κ2) is 3.28. The highest BCUT2D eigenvalue weighted by Gasteiger charge is 2.12. The van der Waals surface area contributed by atoms with Crippen LogP contribution in [0.15, 0.2) is 24.3 Å². The average molecular weight is 231 g/mol. The van der Waals surface area contributed by atoms with Crippen molar-refractivity contribution in [3.8, 4) is 11.5 Å². The molecule has 2 heterocycles. The van der Waals surface area contributed by atoms with Crippen LogP contribution in [0, 0.1) is 4.77 Å². The quantitative estimate of drug-likeness (QED) is 0.630. The molecule has 0 spiro atoms. The van der Waals surface area contributed by atoms with E-state index in [4.69, 9.17) is 12.2 Å². The number of benzene rings is 1. The van der Waals surface area contributed by atoms with Crippen LogP contribution in [0.5, 0.6) is 0 Å². The average Bonchev–Trinajstić information content (AvgIpc) is 2.85. The summed E-state index contributed by atoms with van der Waals surface area (Å²) in [5.41, 5.74) is 1.80. The topological polar surface area (TPSA) is 62.3 Å². The lowest BCUT2D eigenvalue weighted by atomic mass is 10.2. The van der Waals surface area contributed by atoms with Gasteiger partial charge in [-0.25, -0.2) is 0 Å². The molecule has 0 aliphatic rings. The summed E-state index contributed by atoms with van der Waals surface area (Å²) in [5, 5.41) is 15.2. The molecule has 0 unspecified atom stereocenters. The summed E-state index contributed by atoms with van der Waals surface area (Å²) in [6.07, 6.45) is 0. The van der Waals surface area contributed by atoms with E-state index in [1.807, 2.05) is 31.3 Å². The molecule has 16 heavy (non-hydrogen) atoms. The maximum atomic E-state index is 5.08. The van der Waals surface area contributed by atoms with Crippen molar-refractivity contribution in [3.05, 3.63) is 29.0 Å². The molecule has 0 aliphatic heterocycles. The standard InChI is InChI=1S/C10H9N5S/c1-15-9(13-14-10(15)16)8-6-4-2-3-5-7(6)11-12-8/h2-5H,1H3,(H,11,12)(H,14,16). The number of fused-ring (bicyclic) bond motifs is 1. The van der Waals surface area contributed by atoms with Crippen molar-refractivity contribution in [3.63, 3.8) is 0 Å². The Kier molecular flexibility index (Phi) is 1.90. The number of para-hydroxylation sites is 1. The fraction of sp³-hybridized carbons (Fsp3) is 0.100. The summed E-state index contributed by atoms with van der Waals surface area (Å²) >= 11 is 5.08. The number of nitrogens with zero attached hydrogens (tertiary/aromatic N) is 3. The normalized spacial score (nSPS) is 11.1. The van der Waals surface area contributed by atoms with Gasteiger partial charge in [-0.15, -0.1) is 0 Å². The maximum Gasteiger partial charge on any atom is 0.195 e. The minimum Gasteiger partial charge on any atom is -0.302 e. The van der Waals surface area contributed by atoms with E-state index in [0.29, 0.717) is 4.77 Å². The van der Waals surface area contributed by atoms with Gasteiger partial charge in [0.25, 0.3) is 0 Å². The van der Waals surface area contributed by atoms with Crippen molar-refractivity contribution in [2.45, 2.75) is 0 Å². The third-order valence-corrected chi connectivity index (χ3v) is 2.93. The first-order valence-corrected chi connectivity index (χ1v) is 5.23. The van der Waals surface area contributed by atoms with E-state index in [1.54, 1.807) is 4.57 Å². The van der Waals surface area contributed by atoms with E-state index in [9.17, 15) is 0 Å². The summed E-state index contributed by atoms with van der Waals surface area (Å²) < 4.78 is 2.39. The van der Waals surface area contributed by atoms with Crippen molar-refractivity contribution in [1.82, 2.24) is 25.0 Å². The molecule has 2 aromatic heterocycles. The van der Waals surface area contributed by atoms with Crippen molar-refractivity contribution in [1.29, 1.82) is 0 Å². The Morgan fingerprint density at radius 3 is 2.75 bits per heavy atom. The fourth-order valence-corrected chi connectivity index (χ4v) is 1.82. The Morgan fingerprint density at radius 1 is 1.19 bits per heavy atom. The van der Waals surface area contributed by atoms with Crippen LogP contribution in [0.1, 0.15) is 0 Å². The molecule has 0 aliphatic carbocycles. The van der Waals surface area contributed by atoms with Crippen LogP contribution < -0.4 is 0 Å². The van der Waals surface area contributed by atoms with Gasteiger partial charge in [0.1, 0.15) is 5.69 Å². The second-order valence-corrected chi connectivity index (χ2v) is 3.92. The van der Waals surface area contributed by atoms with Crippen molar-refractivity contribution >= 4 is 23.1 Å². The number of aromatic nitrogens is 5. The Balaban J connectivity index is 2.34. The van der Waals surface area contributed by atoms with Gasteiger partial charge in [-0.05, 0) is 18.3 Å². The van der Waals surface area contributed by atoms with Crippen LogP contribution in [0.3, 0.4) is 0 Å². The molecule has 2 N–H and O–H groups in total. The van der Waals surface area contributed by atoms with E-state index >= 15 is 0 Å². The molecule has 6 heteroatoms. The van der Waals surface area contributed by atoms with E-state index < -0.39 is 0 Å². The van der Waals surface area contributed by atoms with Gasteiger partial charge in [-0.1, -0.05) is 18.2 Å². The van der Waals surface area contributed by atoms with Gasteiger partial charge in [0.15, 0.2) is 10.6 Å². The molecule has 1 aromatic carbocycles. The number of H-pyrrole nitrogens is 2. The highest BCUT2D eigenvalue weighted by molar-refractivity contribution is 7.71. The van der Waals surface area contributed by atoms with Gasteiger partial charge < -0.3 is 4.57 Å². The Morgan fingerprint density at radius 2 is 2.00 bits per heavy atom. The zero-order valence-electron chi connectivity index (χ0n) is 8.56. The van der Waals surface area contributed by atoms with Gasteiger partial charge in [-0.3, -0.25) is 10.2 Å². The first-order valence-electron chi connectivity index (χ1n) is 4.82. The van der Waals surface area contributed by atoms with Gasteiger partial charge in [0.05, 0.1) is 5.52 Å². The van der Waals surface area contributed by atoms with E-state index in [2.05, 4.69) is 20.4 Å². The Hall–Kier alpha value is -1.95. The molecule has 0 radical (unpaired) electrons. The van der Waals surface area contributed by atoms with Crippen LogP contribution in [0.2, 0.25) is 0 Å². The zero-order chi connectivity index (χ0) is 11.1. The van der Waals surface area contributed by atoms with Crippen LogP contribution >= 0.6 is 12.2 Å². The molecule has 3 aromatic rings. The largest absolute Gasteiger partial charge is 0.302 e. The Labute approximate surface area is 96.1 Å². The smallest absolute Gasteiger partial charge is 0.195 e. The number of nitrogens with one attached hydrogen (secondary N) is 2. The first-order chi connectivity index (χ1) is 7.77. The minimum absolute atomic E-state index is 0.585. The number of hydrogen-bond acceptors (Lipinski definition) is 3. The summed E-state index contributed by atoms with van der Waals surface area (Å²) in [4.78, 5) is 0. The van der Waals surface area contributed by atoms with Crippen LogP contribution in [0.25, 0.3) is 22.4 Å². The third-order valence-electron chi connectivity index (χ3n) is 2.56. The van der Waals surface area contributed by atoms with E-state index in [-0.39, 0.29) is 0 Å². The summed E-state index contributed by atoms with van der Waals surface area (Å²) in [7, 11) is 1.87. The lowest BCUT2D eigenvalue weighted by Gasteiger charge is -1.95. The Bertz CT molecular complexity index is 705. The van der Waals surface area contributed by atoms with Gasteiger partial charge >= 0.3 is 0 Å². The molecule has 0 bridgehead atoms. The van der Waals surface area contributed by atoms with E-state index in [1.165, 1.54) is 0 Å². The van der Waals surface area contributed by atoms with Crippen molar-refractivity contribution in [2.24, 2.45) is 7.05 Å². The molecule has 80 valence electrons. The molecule has 5 nitrogen and oxygen atoms in total. The van der Waals surface area contributed by atoms with Crippen molar-refractivity contribution < 1.29 is 0 Å². The lowest BCUT2D eigenvalue weighted by molar-refractivity contribution is 0.895. The number of rotatable bonds is 1. The van der Waals surface area contributed by atoms with Crippen LogP contribution in [-0.2, 0) is 7.05 Å². The van der Waals surface area contributed by atoms with Gasteiger partial charge in [0, 0.05) is 12.4 Å². The molecule has 0 saturated heterocycles. The van der Waals surface area contributed by atoms with Crippen molar-refractivity contribution in [2.75, 3.05) is 0 Å². The molecular formula is C10H9N5S. The number of aromatic amines is 2. The third kappa shape index (κ3) is 1.20. The molecule has 3 rings (SSSR count). The highest BCUT2D eigenvalue weighted by Crippen LogP contribution is 2.23. The van der Waals surface area contributed by atoms with Gasteiger partial charge in [-0.2, -0.15) is 10.2 Å². The predicted molar refractivity (Wildman–Crippen MR) is 63.5 cm³/mol.